The highest BCUT2D eigenvalue weighted by Gasteiger charge is 2.52. The lowest BCUT2D eigenvalue weighted by Gasteiger charge is -2.51. The van der Waals surface area contributed by atoms with E-state index in [1.165, 1.54) is 22.5 Å². The Labute approximate surface area is 151 Å². The van der Waals surface area contributed by atoms with Gasteiger partial charge in [-0.2, -0.15) is 4.31 Å². The number of sulfonamides is 1. The van der Waals surface area contributed by atoms with Crippen molar-refractivity contribution in [3.05, 3.63) is 54.5 Å². The average molecular weight is 378 g/mol. The molecule has 0 N–H and O–H groups in total. The fourth-order valence-corrected chi connectivity index (χ4v) is 5.05. The van der Waals surface area contributed by atoms with Gasteiger partial charge in [0.15, 0.2) is 0 Å². The molecule has 1 spiro atoms. The molecule has 0 aliphatic carbocycles. The molecule has 2 fully saturated rings. The van der Waals surface area contributed by atoms with E-state index in [1.54, 1.807) is 12.3 Å². The van der Waals surface area contributed by atoms with E-state index in [0.29, 0.717) is 18.9 Å². The van der Waals surface area contributed by atoms with Gasteiger partial charge in [-0.1, -0.05) is 12.1 Å². The molecule has 2 aliphatic heterocycles. The summed E-state index contributed by atoms with van der Waals surface area (Å²) in [6, 6.07) is 10.5. The van der Waals surface area contributed by atoms with Crippen LogP contribution in [-0.4, -0.2) is 49.1 Å². The van der Waals surface area contributed by atoms with E-state index in [4.69, 9.17) is 9.47 Å². The smallest absolute Gasteiger partial charge is 0.243 e. The minimum absolute atomic E-state index is 0.0376. The lowest BCUT2D eigenvalue weighted by Crippen LogP contribution is -2.67. The lowest BCUT2D eigenvalue weighted by atomic mass is 9.86. The van der Waals surface area contributed by atoms with Crippen molar-refractivity contribution in [2.24, 2.45) is 0 Å². The van der Waals surface area contributed by atoms with Crippen LogP contribution in [-0.2, 0) is 14.8 Å². The van der Waals surface area contributed by atoms with Crippen LogP contribution in [0.4, 0.5) is 4.39 Å². The summed E-state index contributed by atoms with van der Waals surface area (Å²) in [4.78, 5) is 4.12. The minimum atomic E-state index is -3.72. The number of nitrogens with zero attached hydrogens (tertiary/aromatic N) is 2. The second-order valence-corrected chi connectivity index (χ2v) is 8.60. The Morgan fingerprint density at radius 3 is 2.81 bits per heavy atom. The van der Waals surface area contributed by atoms with E-state index in [1.807, 2.05) is 12.1 Å². The first-order valence-corrected chi connectivity index (χ1v) is 9.88. The van der Waals surface area contributed by atoms with Crippen molar-refractivity contribution in [3.63, 3.8) is 0 Å². The highest BCUT2D eigenvalue weighted by Crippen LogP contribution is 2.38. The molecule has 8 heteroatoms. The van der Waals surface area contributed by atoms with Crippen LogP contribution in [0.2, 0.25) is 0 Å². The van der Waals surface area contributed by atoms with Crippen LogP contribution in [0.15, 0.2) is 53.6 Å². The van der Waals surface area contributed by atoms with Crippen LogP contribution >= 0.6 is 0 Å². The van der Waals surface area contributed by atoms with Crippen molar-refractivity contribution < 1.29 is 22.3 Å². The van der Waals surface area contributed by atoms with Gasteiger partial charge in [0.2, 0.25) is 15.9 Å². The van der Waals surface area contributed by atoms with Gasteiger partial charge in [-0.15, -0.1) is 0 Å². The zero-order valence-corrected chi connectivity index (χ0v) is 14.9. The topological polar surface area (TPSA) is 68.7 Å². The van der Waals surface area contributed by atoms with Crippen molar-refractivity contribution in [1.29, 1.82) is 0 Å². The van der Waals surface area contributed by atoms with Gasteiger partial charge in [0, 0.05) is 38.2 Å². The molecule has 1 unspecified atom stereocenters. The monoisotopic (exact) mass is 378 g/mol. The van der Waals surface area contributed by atoms with Crippen LogP contribution in [0.5, 0.6) is 5.88 Å². The fraction of sp³-hybridized carbons (Fsp3) is 0.389. The highest BCUT2D eigenvalue weighted by molar-refractivity contribution is 7.89. The third-order valence-corrected chi connectivity index (χ3v) is 6.52. The zero-order chi connectivity index (χ0) is 18.2. The maximum Gasteiger partial charge on any atom is 0.243 e. The van der Waals surface area contributed by atoms with E-state index >= 15 is 0 Å². The Hall–Kier alpha value is -2.03. The molecule has 2 aromatic rings. The van der Waals surface area contributed by atoms with Crippen molar-refractivity contribution in [2.75, 3.05) is 19.7 Å². The molecule has 1 aromatic heterocycles. The molecule has 0 bridgehead atoms. The molecule has 26 heavy (non-hydrogen) atoms. The maximum atomic E-state index is 13.4. The first kappa shape index (κ1) is 17.4. The Balaban J connectivity index is 1.42. The molecular formula is C18H19FN2O4S. The van der Waals surface area contributed by atoms with E-state index in [2.05, 4.69) is 4.98 Å². The summed E-state index contributed by atoms with van der Waals surface area (Å²) in [5.41, 5.74) is -0.544. The summed E-state index contributed by atoms with van der Waals surface area (Å²) in [5, 5.41) is 0. The fourth-order valence-electron chi connectivity index (χ4n) is 3.43. The van der Waals surface area contributed by atoms with Crippen LogP contribution in [0.25, 0.3) is 0 Å². The number of hydrogen-bond acceptors (Lipinski definition) is 5. The molecule has 0 amide bonds. The van der Waals surface area contributed by atoms with Crippen molar-refractivity contribution in [3.8, 4) is 5.88 Å². The summed E-state index contributed by atoms with van der Waals surface area (Å²) < 4.78 is 51.7. The quantitative estimate of drug-likeness (QED) is 0.816. The predicted molar refractivity (Wildman–Crippen MR) is 91.7 cm³/mol. The van der Waals surface area contributed by atoms with Gasteiger partial charge in [0.25, 0.3) is 0 Å². The van der Waals surface area contributed by atoms with Crippen LogP contribution < -0.4 is 4.74 Å². The standard InChI is InChI=1S/C18H19FN2O4S/c19-14-4-3-5-16(10-14)26(22,23)21-12-18(13-21)11-15(7-9-24-18)25-17-6-1-2-8-20-17/h1-6,8,10,15H,7,9,11-13H2. The van der Waals surface area contributed by atoms with Crippen LogP contribution in [0, 0.1) is 5.82 Å². The predicted octanol–water partition coefficient (Wildman–Crippen LogP) is 2.22. The van der Waals surface area contributed by atoms with Crippen molar-refractivity contribution in [1.82, 2.24) is 9.29 Å². The van der Waals surface area contributed by atoms with Gasteiger partial charge >= 0.3 is 0 Å². The van der Waals surface area contributed by atoms with Gasteiger partial charge in [0.1, 0.15) is 11.9 Å². The molecule has 0 saturated carbocycles. The molecule has 4 rings (SSSR count). The Morgan fingerprint density at radius 2 is 2.08 bits per heavy atom. The maximum absolute atomic E-state index is 13.4. The van der Waals surface area contributed by atoms with Crippen molar-refractivity contribution in [2.45, 2.75) is 29.4 Å². The lowest BCUT2D eigenvalue weighted by molar-refractivity contribution is -0.165. The highest BCUT2D eigenvalue weighted by atomic mass is 32.2. The zero-order valence-electron chi connectivity index (χ0n) is 14.0. The van der Waals surface area contributed by atoms with Gasteiger partial charge in [-0.25, -0.2) is 17.8 Å². The second-order valence-electron chi connectivity index (χ2n) is 6.66. The van der Waals surface area contributed by atoms with E-state index in [0.717, 1.165) is 12.5 Å². The van der Waals surface area contributed by atoms with Gasteiger partial charge in [-0.3, -0.25) is 0 Å². The number of hydrogen-bond donors (Lipinski definition) is 0. The Kier molecular flexibility index (Phi) is 4.42. The van der Waals surface area contributed by atoms with Gasteiger partial charge < -0.3 is 9.47 Å². The van der Waals surface area contributed by atoms with E-state index in [-0.39, 0.29) is 24.1 Å². The number of ether oxygens (including phenoxy) is 2. The molecule has 1 atom stereocenters. The number of benzene rings is 1. The number of rotatable bonds is 4. The molecule has 6 nitrogen and oxygen atoms in total. The number of pyridine rings is 1. The number of halogens is 1. The average Bonchev–Trinajstić information content (AvgIpc) is 2.61. The van der Waals surface area contributed by atoms with E-state index < -0.39 is 21.4 Å². The molecule has 3 heterocycles. The minimum Gasteiger partial charge on any atom is -0.474 e. The molecule has 0 radical (unpaired) electrons. The van der Waals surface area contributed by atoms with E-state index in [9.17, 15) is 12.8 Å². The summed E-state index contributed by atoms with van der Waals surface area (Å²) >= 11 is 0. The molecular weight excluding hydrogens is 359 g/mol. The molecule has 1 aromatic carbocycles. The largest absolute Gasteiger partial charge is 0.474 e. The van der Waals surface area contributed by atoms with Gasteiger partial charge in [0.05, 0.1) is 17.1 Å². The number of aromatic nitrogens is 1. The summed E-state index contributed by atoms with van der Waals surface area (Å²) in [6.07, 6.45) is 2.92. The summed E-state index contributed by atoms with van der Waals surface area (Å²) in [6.45, 7) is 0.993. The van der Waals surface area contributed by atoms with Gasteiger partial charge in [-0.05, 0) is 24.3 Å². The van der Waals surface area contributed by atoms with Crippen LogP contribution in [0.3, 0.4) is 0 Å². The molecule has 2 aliphatic rings. The third-order valence-electron chi connectivity index (χ3n) is 4.74. The van der Waals surface area contributed by atoms with Crippen molar-refractivity contribution >= 4 is 10.0 Å². The third kappa shape index (κ3) is 3.32. The summed E-state index contributed by atoms with van der Waals surface area (Å²) in [5.74, 6) is -0.0165. The normalized spacial score (nSPS) is 22.7. The molecule has 2 saturated heterocycles. The first-order chi connectivity index (χ1) is 12.5. The second kappa shape index (κ2) is 6.61. The molecule has 138 valence electrons. The Morgan fingerprint density at radius 1 is 1.23 bits per heavy atom. The first-order valence-electron chi connectivity index (χ1n) is 8.44. The van der Waals surface area contributed by atoms with Crippen LogP contribution in [0.1, 0.15) is 12.8 Å². The SMILES string of the molecule is O=S(=O)(c1cccc(F)c1)N1CC2(CC(Oc3ccccn3)CCO2)C1. The summed E-state index contributed by atoms with van der Waals surface area (Å²) in [7, 11) is -3.72. The Bertz CT molecular complexity index is 885.